The highest BCUT2D eigenvalue weighted by Gasteiger charge is 2.33. The highest BCUT2D eigenvalue weighted by Crippen LogP contribution is 2.34. The molecule has 0 radical (unpaired) electrons. The molecule has 0 saturated heterocycles. The van der Waals surface area contributed by atoms with Crippen molar-refractivity contribution in [1.82, 2.24) is 10.2 Å². The monoisotopic (exact) mass is 394 g/mol. The predicted molar refractivity (Wildman–Crippen MR) is 117 cm³/mol. The molecule has 146 valence electrons. The van der Waals surface area contributed by atoms with Crippen LogP contribution >= 0.6 is 12.2 Å². The molecule has 5 heteroatoms. The molecular formula is C23H26N2O2S. The number of ketones is 1. The third-order valence-corrected chi connectivity index (χ3v) is 5.09. The van der Waals surface area contributed by atoms with Crippen molar-refractivity contribution in [2.24, 2.45) is 0 Å². The Morgan fingerprint density at radius 1 is 1.18 bits per heavy atom. The number of rotatable bonds is 6. The van der Waals surface area contributed by atoms with Gasteiger partial charge in [-0.15, -0.1) is 0 Å². The van der Waals surface area contributed by atoms with Crippen LogP contribution in [-0.2, 0) is 0 Å². The highest BCUT2D eigenvalue weighted by atomic mass is 32.1. The zero-order valence-electron chi connectivity index (χ0n) is 16.7. The second kappa shape index (κ2) is 8.57. The molecule has 1 aliphatic heterocycles. The number of nitrogens with one attached hydrogen (secondary N) is 1. The molecule has 2 aromatic rings. The summed E-state index contributed by atoms with van der Waals surface area (Å²) in [6.07, 6.45) is 0.0777. The van der Waals surface area contributed by atoms with Crippen LogP contribution in [0.4, 0.5) is 0 Å². The Morgan fingerprint density at radius 2 is 1.89 bits per heavy atom. The van der Waals surface area contributed by atoms with Gasteiger partial charge < -0.3 is 15.0 Å². The van der Waals surface area contributed by atoms with Crippen LogP contribution in [0.15, 0.2) is 65.9 Å². The minimum atomic E-state index is -0.321. The number of thiocarbonyl (C=S) groups is 1. The van der Waals surface area contributed by atoms with Gasteiger partial charge in [-0.3, -0.25) is 4.79 Å². The quantitative estimate of drug-likeness (QED) is 0.558. The maximum absolute atomic E-state index is 13.4. The topological polar surface area (TPSA) is 41.6 Å². The van der Waals surface area contributed by atoms with Crippen molar-refractivity contribution in [1.29, 1.82) is 0 Å². The molecule has 1 atom stereocenters. The van der Waals surface area contributed by atoms with Crippen molar-refractivity contribution in [3.8, 4) is 5.75 Å². The lowest BCUT2D eigenvalue weighted by Crippen LogP contribution is -2.47. The fourth-order valence-electron chi connectivity index (χ4n) is 3.49. The van der Waals surface area contributed by atoms with E-state index in [2.05, 4.69) is 5.32 Å². The maximum Gasteiger partial charge on any atom is 0.193 e. The summed E-state index contributed by atoms with van der Waals surface area (Å²) in [7, 11) is 0. The van der Waals surface area contributed by atoms with E-state index in [4.69, 9.17) is 17.0 Å². The van der Waals surface area contributed by atoms with Crippen molar-refractivity contribution < 1.29 is 9.53 Å². The average Bonchev–Trinajstić information content (AvgIpc) is 2.68. The third-order valence-electron chi connectivity index (χ3n) is 4.76. The number of ether oxygens (including phenoxy) is 1. The number of carbonyl (C=O) groups excluding carboxylic acids is 1. The van der Waals surface area contributed by atoms with E-state index < -0.39 is 0 Å². The summed E-state index contributed by atoms with van der Waals surface area (Å²) in [6, 6.07) is 16.9. The first-order valence-corrected chi connectivity index (χ1v) is 9.98. The van der Waals surface area contributed by atoms with Gasteiger partial charge in [-0.05, 0) is 57.6 Å². The largest absolute Gasteiger partial charge is 0.491 e. The minimum absolute atomic E-state index is 0.00623. The van der Waals surface area contributed by atoms with Crippen molar-refractivity contribution in [2.45, 2.75) is 39.8 Å². The van der Waals surface area contributed by atoms with Crippen LogP contribution in [0.5, 0.6) is 5.75 Å². The first-order chi connectivity index (χ1) is 13.4. The normalized spacial score (nSPS) is 17.0. The van der Waals surface area contributed by atoms with Gasteiger partial charge in [-0.1, -0.05) is 42.5 Å². The van der Waals surface area contributed by atoms with E-state index in [1.54, 1.807) is 0 Å². The molecule has 2 aromatic carbocycles. The summed E-state index contributed by atoms with van der Waals surface area (Å²) in [5.74, 6) is 0.786. The molecule has 1 N–H and O–H groups in total. The van der Waals surface area contributed by atoms with Crippen LogP contribution in [0.1, 0.15) is 49.7 Å². The van der Waals surface area contributed by atoms with Crippen LogP contribution < -0.4 is 10.1 Å². The second-order valence-corrected chi connectivity index (χ2v) is 7.45. The van der Waals surface area contributed by atoms with E-state index in [1.807, 2.05) is 87.2 Å². The number of hydrogen-bond acceptors (Lipinski definition) is 3. The van der Waals surface area contributed by atoms with Crippen LogP contribution in [0.2, 0.25) is 0 Å². The van der Waals surface area contributed by atoms with Crippen molar-refractivity contribution >= 4 is 23.1 Å². The summed E-state index contributed by atoms with van der Waals surface area (Å²) in [6.45, 7) is 8.68. The Morgan fingerprint density at radius 3 is 2.54 bits per heavy atom. The van der Waals surface area contributed by atoms with Gasteiger partial charge >= 0.3 is 0 Å². The number of hydrogen-bond donors (Lipinski definition) is 1. The lowest BCUT2D eigenvalue weighted by molar-refractivity contribution is 0.102. The lowest BCUT2D eigenvalue weighted by Gasteiger charge is -2.37. The Bertz CT molecular complexity index is 906. The predicted octanol–water partition coefficient (Wildman–Crippen LogP) is 4.88. The summed E-state index contributed by atoms with van der Waals surface area (Å²) in [5.41, 5.74) is 3.22. The van der Waals surface area contributed by atoms with E-state index in [9.17, 15) is 4.79 Å². The smallest absolute Gasteiger partial charge is 0.193 e. The van der Waals surface area contributed by atoms with E-state index in [1.165, 1.54) is 0 Å². The molecule has 0 bridgehead atoms. The van der Waals surface area contributed by atoms with Gasteiger partial charge in [0.05, 0.1) is 12.1 Å². The summed E-state index contributed by atoms with van der Waals surface area (Å²) < 4.78 is 5.85. The van der Waals surface area contributed by atoms with Crippen LogP contribution in [-0.4, -0.2) is 28.4 Å². The van der Waals surface area contributed by atoms with Crippen molar-refractivity contribution in [3.05, 3.63) is 77.0 Å². The molecule has 4 nitrogen and oxygen atoms in total. The first kappa shape index (κ1) is 20.1. The van der Waals surface area contributed by atoms with Crippen LogP contribution in [0.25, 0.3) is 0 Å². The molecule has 28 heavy (non-hydrogen) atoms. The molecule has 1 heterocycles. The maximum atomic E-state index is 13.4. The Hall–Kier alpha value is -2.66. The standard InChI is InChI=1S/C23H26N2O2S/c1-5-25-16(4)20(22(26)17-10-7-6-8-11-17)21(24-23(25)28)18-12-9-13-19(14-18)27-15(2)3/h6-15,21H,5H2,1-4H3,(H,24,28). The summed E-state index contributed by atoms with van der Waals surface area (Å²) in [5, 5.41) is 4.00. The van der Waals surface area contributed by atoms with Crippen LogP contribution in [0, 0.1) is 0 Å². The molecule has 0 aliphatic carbocycles. The molecule has 0 aromatic heterocycles. The minimum Gasteiger partial charge on any atom is -0.491 e. The lowest BCUT2D eigenvalue weighted by atomic mass is 9.89. The Balaban J connectivity index is 2.09. The van der Waals surface area contributed by atoms with Crippen molar-refractivity contribution in [2.75, 3.05) is 6.54 Å². The third kappa shape index (κ3) is 4.09. The Labute approximate surface area is 172 Å². The molecular weight excluding hydrogens is 368 g/mol. The average molecular weight is 395 g/mol. The number of nitrogens with zero attached hydrogens (tertiary/aromatic N) is 1. The zero-order chi connectivity index (χ0) is 20.3. The number of allylic oxidation sites excluding steroid dienone is 1. The molecule has 0 spiro atoms. The summed E-state index contributed by atoms with van der Waals surface area (Å²) >= 11 is 5.58. The van der Waals surface area contributed by atoms with E-state index in [0.29, 0.717) is 22.8 Å². The fourth-order valence-corrected chi connectivity index (χ4v) is 3.87. The fraction of sp³-hybridized carbons (Fsp3) is 0.304. The van der Waals surface area contributed by atoms with Gasteiger partial charge in [0.2, 0.25) is 0 Å². The van der Waals surface area contributed by atoms with Gasteiger partial charge in [0.25, 0.3) is 0 Å². The number of benzene rings is 2. The van der Waals surface area contributed by atoms with E-state index >= 15 is 0 Å². The molecule has 0 fully saturated rings. The molecule has 1 unspecified atom stereocenters. The second-order valence-electron chi connectivity index (χ2n) is 7.06. The molecule has 0 amide bonds. The SMILES string of the molecule is CCN1C(=S)NC(c2cccc(OC(C)C)c2)C(C(=O)c2ccccc2)=C1C. The van der Waals surface area contributed by atoms with Crippen LogP contribution in [0.3, 0.4) is 0 Å². The number of Topliss-reactive ketones (excluding diaryl/α,β-unsaturated/α-hetero) is 1. The molecule has 0 saturated carbocycles. The summed E-state index contributed by atoms with van der Waals surface area (Å²) in [4.78, 5) is 15.4. The zero-order valence-corrected chi connectivity index (χ0v) is 17.5. The van der Waals surface area contributed by atoms with Gasteiger partial charge in [-0.2, -0.15) is 0 Å². The van der Waals surface area contributed by atoms with Gasteiger partial charge in [0.15, 0.2) is 10.9 Å². The molecule has 3 rings (SSSR count). The van der Waals surface area contributed by atoms with Crippen molar-refractivity contribution in [3.63, 3.8) is 0 Å². The number of carbonyl (C=O) groups is 1. The first-order valence-electron chi connectivity index (χ1n) is 9.57. The van der Waals surface area contributed by atoms with Gasteiger partial charge in [-0.25, -0.2) is 0 Å². The van der Waals surface area contributed by atoms with Gasteiger partial charge in [0.1, 0.15) is 5.75 Å². The molecule has 1 aliphatic rings. The van der Waals surface area contributed by atoms with Gasteiger partial charge in [0, 0.05) is 23.4 Å². The van der Waals surface area contributed by atoms with E-state index in [0.717, 1.165) is 17.0 Å². The van der Waals surface area contributed by atoms with E-state index in [-0.39, 0.29) is 17.9 Å². The highest BCUT2D eigenvalue weighted by molar-refractivity contribution is 7.80. The Kier molecular flexibility index (Phi) is 6.15.